The van der Waals surface area contributed by atoms with Crippen molar-refractivity contribution in [1.29, 1.82) is 5.26 Å². The molecule has 1 atom stereocenters. The molecule has 0 fully saturated rings. The highest BCUT2D eigenvalue weighted by Crippen LogP contribution is 2.47. The van der Waals surface area contributed by atoms with E-state index in [0.717, 1.165) is 21.7 Å². The molecular weight excluding hydrogens is 403 g/mol. The van der Waals surface area contributed by atoms with E-state index >= 15 is 0 Å². The van der Waals surface area contributed by atoms with E-state index in [-0.39, 0.29) is 17.2 Å². The van der Waals surface area contributed by atoms with Gasteiger partial charge in [0.05, 0.1) is 10.9 Å². The van der Waals surface area contributed by atoms with Crippen LogP contribution in [-0.4, -0.2) is 5.78 Å². The number of nitriles is 1. The summed E-state index contributed by atoms with van der Waals surface area (Å²) in [5.41, 5.74) is 7.67. The van der Waals surface area contributed by atoms with Crippen LogP contribution < -0.4 is 5.73 Å². The maximum Gasteiger partial charge on any atom is 0.205 e. The van der Waals surface area contributed by atoms with Crippen LogP contribution in [0.1, 0.15) is 30.1 Å². The van der Waals surface area contributed by atoms with Gasteiger partial charge in [-0.25, -0.2) is 0 Å². The van der Waals surface area contributed by atoms with Gasteiger partial charge >= 0.3 is 0 Å². The van der Waals surface area contributed by atoms with Crippen molar-refractivity contribution in [3.8, 4) is 16.5 Å². The molecule has 7 heteroatoms. The summed E-state index contributed by atoms with van der Waals surface area (Å²) in [5.74, 6) is 0.194. The number of allylic oxidation sites excluding steroid dienone is 3. The van der Waals surface area contributed by atoms with E-state index in [9.17, 15) is 10.1 Å². The lowest BCUT2D eigenvalue weighted by Gasteiger charge is -2.30. The van der Waals surface area contributed by atoms with Crippen molar-refractivity contribution in [3.05, 3.63) is 68.0 Å². The van der Waals surface area contributed by atoms with Crippen LogP contribution in [0.2, 0.25) is 10.0 Å². The van der Waals surface area contributed by atoms with E-state index in [0.29, 0.717) is 34.2 Å². The Balaban J connectivity index is 1.82. The van der Waals surface area contributed by atoms with Gasteiger partial charge in [0.25, 0.3) is 0 Å². The average molecular weight is 417 g/mol. The lowest BCUT2D eigenvalue weighted by atomic mass is 9.80. The quantitative estimate of drug-likeness (QED) is 0.697. The van der Waals surface area contributed by atoms with Gasteiger partial charge in [0.15, 0.2) is 5.78 Å². The number of ether oxygens (including phenoxy) is 1. The minimum atomic E-state index is -0.489. The predicted octanol–water partition coefficient (Wildman–Crippen LogP) is 5.54. The third kappa shape index (κ3) is 3.14. The molecule has 0 spiro atoms. The first-order valence-electron chi connectivity index (χ1n) is 8.38. The Morgan fingerprint density at radius 1 is 1.22 bits per heavy atom. The average Bonchev–Trinajstić information content (AvgIpc) is 3.10. The number of carbonyl (C=O) groups is 1. The van der Waals surface area contributed by atoms with Gasteiger partial charge in [-0.1, -0.05) is 29.3 Å². The summed E-state index contributed by atoms with van der Waals surface area (Å²) in [6, 6.07) is 11.3. The van der Waals surface area contributed by atoms with Crippen molar-refractivity contribution in [2.45, 2.75) is 25.2 Å². The molecule has 2 aliphatic rings. The van der Waals surface area contributed by atoms with Crippen LogP contribution in [0.4, 0.5) is 0 Å². The molecule has 0 amide bonds. The van der Waals surface area contributed by atoms with E-state index in [2.05, 4.69) is 6.07 Å². The maximum absolute atomic E-state index is 12.6. The van der Waals surface area contributed by atoms with Crippen LogP contribution >= 0.6 is 34.5 Å². The standard InChI is InChI=1S/C20H14Cl2N2O2S/c21-10-4-5-11(13(22)8-10)16-6-7-17(27-16)18-12(9-23)20(24)26-15-3-1-2-14(25)19(15)18/h4-8,18H,1-3,24H2/t18-/m0/s1. The highest BCUT2D eigenvalue weighted by Gasteiger charge is 2.38. The second kappa shape index (κ2) is 7.05. The molecule has 136 valence electrons. The largest absolute Gasteiger partial charge is 0.444 e. The third-order valence-corrected chi connectivity index (χ3v) is 6.44. The molecule has 1 aromatic carbocycles. The zero-order chi connectivity index (χ0) is 19.1. The van der Waals surface area contributed by atoms with Gasteiger partial charge in [-0.05, 0) is 30.7 Å². The van der Waals surface area contributed by atoms with E-state index < -0.39 is 5.92 Å². The van der Waals surface area contributed by atoms with Gasteiger partial charge in [0.1, 0.15) is 17.4 Å². The van der Waals surface area contributed by atoms with Crippen molar-refractivity contribution in [2.24, 2.45) is 5.73 Å². The van der Waals surface area contributed by atoms with Crippen LogP contribution in [0.15, 0.2) is 53.1 Å². The number of nitrogens with two attached hydrogens (primary N) is 1. The lowest BCUT2D eigenvalue weighted by molar-refractivity contribution is -0.116. The van der Waals surface area contributed by atoms with Crippen LogP contribution in [0, 0.1) is 11.3 Å². The van der Waals surface area contributed by atoms with Crippen molar-refractivity contribution < 1.29 is 9.53 Å². The molecule has 2 N–H and O–H groups in total. The van der Waals surface area contributed by atoms with Gasteiger partial charge in [-0.3, -0.25) is 4.79 Å². The van der Waals surface area contributed by atoms with Crippen LogP contribution in [0.5, 0.6) is 0 Å². The molecule has 4 rings (SSSR count). The van der Waals surface area contributed by atoms with Crippen LogP contribution in [0.3, 0.4) is 0 Å². The molecule has 0 radical (unpaired) electrons. The summed E-state index contributed by atoms with van der Waals surface area (Å²) in [6.07, 6.45) is 1.84. The Kier molecular flexibility index (Phi) is 4.73. The van der Waals surface area contributed by atoms with Crippen molar-refractivity contribution in [1.82, 2.24) is 0 Å². The second-order valence-corrected chi connectivity index (χ2v) is 8.32. The normalized spacial score (nSPS) is 19.6. The van der Waals surface area contributed by atoms with Gasteiger partial charge in [-0.15, -0.1) is 11.3 Å². The SMILES string of the molecule is N#CC1=C(N)OC2=C(C(=O)CCC2)[C@@H]1c1ccc(-c2ccc(Cl)cc2Cl)s1. The number of carbonyl (C=O) groups excluding carboxylic acids is 1. The number of rotatable bonds is 2. The van der Waals surface area contributed by atoms with E-state index in [1.807, 2.05) is 18.2 Å². The summed E-state index contributed by atoms with van der Waals surface area (Å²) in [7, 11) is 0. The predicted molar refractivity (Wildman–Crippen MR) is 106 cm³/mol. The van der Waals surface area contributed by atoms with Gasteiger partial charge < -0.3 is 10.5 Å². The summed E-state index contributed by atoms with van der Waals surface area (Å²) in [6.45, 7) is 0. The van der Waals surface area contributed by atoms with E-state index in [4.69, 9.17) is 33.7 Å². The molecule has 4 nitrogen and oxygen atoms in total. The summed E-state index contributed by atoms with van der Waals surface area (Å²) >= 11 is 13.8. The summed E-state index contributed by atoms with van der Waals surface area (Å²) < 4.78 is 5.60. The zero-order valence-electron chi connectivity index (χ0n) is 14.1. The topological polar surface area (TPSA) is 76.1 Å². The second-order valence-electron chi connectivity index (χ2n) is 6.36. The number of hydrogen-bond donors (Lipinski definition) is 1. The Labute approximate surface area is 170 Å². The summed E-state index contributed by atoms with van der Waals surface area (Å²) in [5, 5.41) is 10.7. The fourth-order valence-corrected chi connectivity index (χ4v) is 5.22. The fraction of sp³-hybridized carbons (Fsp3) is 0.200. The molecule has 1 aliphatic heterocycles. The number of ketones is 1. The monoisotopic (exact) mass is 416 g/mol. The van der Waals surface area contributed by atoms with Crippen molar-refractivity contribution in [3.63, 3.8) is 0 Å². The highest BCUT2D eigenvalue weighted by atomic mass is 35.5. The Bertz CT molecular complexity index is 1060. The Hall–Kier alpha value is -2.26. The molecule has 2 aromatic rings. The molecular formula is C20H14Cl2N2O2S. The van der Waals surface area contributed by atoms with Crippen LogP contribution in [0.25, 0.3) is 10.4 Å². The van der Waals surface area contributed by atoms with E-state index in [1.54, 1.807) is 12.1 Å². The van der Waals surface area contributed by atoms with Gasteiger partial charge in [-0.2, -0.15) is 5.26 Å². The first-order chi connectivity index (χ1) is 13.0. The first-order valence-corrected chi connectivity index (χ1v) is 9.96. The molecule has 1 aromatic heterocycles. The Morgan fingerprint density at radius 3 is 2.78 bits per heavy atom. The van der Waals surface area contributed by atoms with Crippen molar-refractivity contribution >= 4 is 40.3 Å². The molecule has 0 unspecified atom stereocenters. The first kappa shape index (κ1) is 18.1. The number of thiophene rings is 1. The molecule has 1 aliphatic carbocycles. The van der Waals surface area contributed by atoms with Gasteiger partial charge in [0.2, 0.25) is 5.88 Å². The highest BCUT2D eigenvalue weighted by molar-refractivity contribution is 7.15. The lowest BCUT2D eigenvalue weighted by Crippen LogP contribution is -2.26. The van der Waals surface area contributed by atoms with Gasteiger partial charge in [0, 0.05) is 38.8 Å². The minimum absolute atomic E-state index is 0.0148. The number of nitrogens with zero attached hydrogens (tertiary/aromatic N) is 1. The number of halogens is 2. The molecule has 0 saturated carbocycles. The van der Waals surface area contributed by atoms with Crippen LogP contribution in [-0.2, 0) is 9.53 Å². The molecule has 0 saturated heterocycles. The number of hydrogen-bond acceptors (Lipinski definition) is 5. The molecule has 2 heterocycles. The number of Topliss-reactive ketones (excluding diaryl/α,β-unsaturated/α-hetero) is 1. The fourth-order valence-electron chi connectivity index (χ4n) is 3.48. The number of benzene rings is 1. The third-order valence-electron chi connectivity index (χ3n) is 4.71. The molecule has 0 bridgehead atoms. The molecule has 27 heavy (non-hydrogen) atoms. The minimum Gasteiger partial charge on any atom is -0.444 e. The van der Waals surface area contributed by atoms with Crippen molar-refractivity contribution in [2.75, 3.05) is 0 Å². The maximum atomic E-state index is 12.6. The van der Waals surface area contributed by atoms with E-state index in [1.165, 1.54) is 11.3 Å². The Morgan fingerprint density at radius 2 is 2.04 bits per heavy atom. The zero-order valence-corrected chi connectivity index (χ0v) is 16.4. The summed E-state index contributed by atoms with van der Waals surface area (Å²) in [4.78, 5) is 14.4. The smallest absolute Gasteiger partial charge is 0.205 e.